The summed E-state index contributed by atoms with van der Waals surface area (Å²) in [5.74, 6) is -0.121. The number of para-hydroxylation sites is 1. The molecule has 18 heavy (non-hydrogen) atoms. The fourth-order valence-electron chi connectivity index (χ4n) is 1.64. The van der Waals surface area contributed by atoms with Gasteiger partial charge in [0.2, 0.25) is 5.91 Å². The van der Waals surface area contributed by atoms with Crippen LogP contribution in [0, 0.1) is 6.92 Å². The molecule has 2 heteroatoms. The molecule has 0 aliphatic carbocycles. The number of benzene rings is 2. The lowest BCUT2D eigenvalue weighted by atomic mass is 10.1. The summed E-state index contributed by atoms with van der Waals surface area (Å²) in [7, 11) is 0. The lowest BCUT2D eigenvalue weighted by Gasteiger charge is -2.01. The fourth-order valence-corrected chi connectivity index (χ4v) is 1.64. The zero-order valence-electron chi connectivity index (χ0n) is 10.3. The molecule has 2 rings (SSSR count). The van der Waals surface area contributed by atoms with Crippen LogP contribution in [0.25, 0.3) is 6.08 Å². The summed E-state index contributed by atoms with van der Waals surface area (Å²) < 4.78 is 0. The molecule has 0 unspecified atom stereocenters. The summed E-state index contributed by atoms with van der Waals surface area (Å²) in [5.41, 5.74) is 3.01. The van der Waals surface area contributed by atoms with Gasteiger partial charge >= 0.3 is 0 Å². The van der Waals surface area contributed by atoms with Crippen LogP contribution >= 0.6 is 0 Å². The van der Waals surface area contributed by atoms with Gasteiger partial charge in [0.1, 0.15) is 0 Å². The van der Waals surface area contributed by atoms with Crippen LogP contribution in [0.1, 0.15) is 11.1 Å². The van der Waals surface area contributed by atoms with E-state index in [9.17, 15) is 4.79 Å². The van der Waals surface area contributed by atoms with Crippen LogP contribution in [-0.4, -0.2) is 5.91 Å². The van der Waals surface area contributed by atoms with E-state index in [1.165, 1.54) is 0 Å². The molecule has 0 saturated carbocycles. The summed E-state index contributed by atoms with van der Waals surface area (Å²) in [6.45, 7) is 2.02. The van der Waals surface area contributed by atoms with Crippen molar-refractivity contribution in [2.75, 3.05) is 5.32 Å². The number of rotatable bonds is 3. The number of hydrogen-bond donors (Lipinski definition) is 1. The SMILES string of the molecule is Cc1ccccc1/C=C\C(=O)Nc1ccccc1. The first-order valence-corrected chi connectivity index (χ1v) is 5.85. The molecule has 0 aromatic heterocycles. The Labute approximate surface area is 107 Å². The van der Waals surface area contributed by atoms with Gasteiger partial charge in [-0.1, -0.05) is 42.5 Å². The molecule has 0 bridgehead atoms. The van der Waals surface area contributed by atoms with Crippen LogP contribution in [0.2, 0.25) is 0 Å². The van der Waals surface area contributed by atoms with Gasteiger partial charge in [0.25, 0.3) is 0 Å². The first-order valence-electron chi connectivity index (χ1n) is 5.85. The van der Waals surface area contributed by atoms with E-state index in [4.69, 9.17) is 0 Å². The molecular weight excluding hydrogens is 222 g/mol. The van der Waals surface area contributed by atoms with Gasteiger partial charge in [-0.15, -0.1) is 0 Å². The Morgan fingerprint density at radius 3 is 2.39 bits per heavy atom. The van der Waals surface area contributed by atoms with Crippen molar-refractivity contribution in [2.45, 2.75) is 6.92 Å². The van der Waals surface area contributed by atoms with E-state index in [2.05, 4.69) is 5.32 Å². The van der Waals surface area contributed by atoms with Gasteiger partial charge in [-0.3, -0.25) is 4.79 Å². The maximum Gasteiger partial charge on any atom is 0.248 e. The summed E-state index contributed by atoms with van der Waals surface area (Å²) in [4.78, 5) is 11.7. The van der Waals surface area contributed by atoms with Crippen molar-refractivity contribution in [1.29, 1.82) is 0 Å². The van der Waals surface area contributed by atoms with Gasteiger partial charge in [-0.25, -0.2) is 0 Å². The van der Waals surface area contributed by atoms with Crippen LogP contribution in [0.15, 0.2) is 60.7 Å². The molecule has 0 aliphatic rings. The Morgan fingerprint density at radius 2 is 1.67 bits per heavy atom. The molecule has 0 fully saturated rings. The van der Waals surface area contributed by atoms with Crippen molar-refractivity contribution < 1.29 is 4.79 Å². The summed E-state index contributed by atoms with van der Waals surface area (Å²) in [5, 5.41) is 2.81. The second-order valence-electron chi connectivity index (χ2n) is 4.05. The van der Waals surface area contributed by atoms with E-state index < -0.39 is 0 Å². The number of nitrogens with one attached hydrogen (secondary N) is 1. The summed E-state index contributed by atoms with van der Waals surface area (Å²) in [6.07, 6.45) is 3.38. The standard InChI is InChI=1S/C16H15NO/c1-13-7-5-6-8-14(13)11-12-16(18)17-15-9-3-2-4-10-15/h2-12H,1H3,(H,17,18)/b12-11-. The van der Waals surface area contributed by atoms with Crippen LogP contribution in [0.5, 0.6) is 0 Å². The van der Waals surface area contributed by atoms with E-state index >= 15 is 0 Å². The van der Waals surface area contributed by atoms with Crippen molar-refractivity contribution in [3.05, 3.63) is 71.8 Å². The topological polar surface area (TPSA) is 29.1 Å². The molecule has 0 spiro atoms. The minimum Gasteiger partial charge on any atom is -0.323 e. The highest BCUT2D eigenvalue weighted by Gasteiger charge is 1.97. The fraction of sp³-hybridized carbons (Fsp3) is 0.0625. The maximum atomic E-state index is 11.7. The number of carbonyl (C=O) groups is 1. The van der Waals surface area contributed by atoms with E-state index in [1.54, 1.807) is 6.08 Å². The molecule has 2 aromatic rings. The Kier molecular flexibility index (Phi) is 3.92. The van der Waals surface area contributed by atoms with Gasteiger partial charge < -0.3 is 5.32 Å². The zero-order valence-corrected chi connectivity index (χ0v) is 10.3. The van der Waals surface area contributed by atoms with Crippen LogP contribution in [0.4, 0.5) is 5.69 Å². The largest absolute Gasteiger partial charge is 0.323 e. The zero-order chi connectivity index (χ0) is 12.8. The van der Waals surface area contributed by atoms with E-state index in [-0.39, 0.29) is 5.91 Å². The molecule has 0 heterocycles. The minimum absolute atomic E-state index is 0.121. The maximum absolute atomic E-state index is 11.7. The number of carbonyl (C=O) groups excluding carboxylic acids is 1. The molecule has 1 amide bonds. The molecule has 2 nitrogen and oxygen atoms in total. The number of anilines is 1. The monoisotopic (exact) mass is 237 g/mol. The summed E-state index contributed by atoms with van der Waals surface area (Å²) >= 11 is 0. The molecule has 0 radical (unpaired) electrons. The van der Waals surface area contributed by atoms with E-state index in [0.717, 1.165) is 16.8 Å². The number of hydrogen-bond acceptors (Lipinski definition) is 1. The lowest BCUT2D eigenvalue weighted by Crippen LogP contribution is -2.07. The van der Waals surface area contributed by atoms with Gasteiger partial charge in [-0.2, -0.15) is 0 Å². The molecule has 0 atom stereocenters. The second kappa shape index (κ2) is 5.82. The van der Waals surface area contributed by atoms with Crippen molar-refractivity contribution in [3.63, 3.8) is 0 Å². The third-order valence-corrected chi connectivity index (χ3v) is 2.64. The first kappa shape index (κ1) is 12.1. The lowest BCUT2D eigenvalue weighted by molar-refractivity contribution is -0.111. The number of amides is 1. The Bertz CT molecular complexity index is 558. The Balaban J connectivity index is 2.02. The minimum atomic E-state index is -0.121. The summed E-state index contributed by atoms with van der Waals surface area (Å²) in [6, 6.07) is 17.4. The van der Waals surface area contributed by atoms with Crippen molar-refractivity contribution >= 4 is 17.7 Å². The van der Waals surface area contributed by atoms with Gasteiger partial charge in [0.05, 0.1) is 0 Å². The molecule has 0 aliphatic heterocycles. The predicted molar refractivity (Wildman–Crippen MR) is 75.3 cm³/mol. The third kappa shape index (κ3) is 3.32. The highest BCUT2D eigenvalue weighted by Crippen LogP contribution is 2.09. The molecule has 0 saturated heterocycles. The van der Waals surface area contributed by atoms with Crippen LogP contribution in [-0.2, 0) is 4.79 Å². The van der Waals surface area contributed by atoms with E-state index in [1.807, 2.05) is 67.6 Å². The van der Waals surface area contributed by atoms with Gasteiger partial charge in [0, 0.05) is 11.8 Å². The molecule has 1 N–H and O–H groups in total. The van der Waals surface area contributed by atoms with Crippen LogP contribution in [0.3, 0.4) is 0 Å². The average molecular weight is 237 g/mol. The molecular formula is C16H15NO. The van der Waals surface area contributed by atoms with Crippen molar-refractivity contribution in [1.82, 2.24) is 0 Å². The van der Waals surface area contributed by atoms with Gasteiger partial charge in [-0.05, 0) is 36.3 Å². The van der Waals surface area contributed by atoms with Crippen molar-refractivity contribution in [3.8, 4) is 0 Å². The normalized spacial score (nSPS) is 10.5. The predicted octanol–water partition coefficient (Wildman–Crippen LogP) is 3.65. The van der Waals surface area contributed by atoms with Gasteiger partial charge in [0.15, 0.2) is 0 Å². The molecule has 2 aromatic carbocycles. The second-order valence-corrected chi connectivity index (χ2v) is 4.05. The quantitative estimate of drug-likeness (QED) is 0.811. The third-order valence-electron chi connectivity index (χ3n) is 2.64. The molecule has 90 valence electrons. The Hall–Kier alpha value is -2.35. The smallest absolute Gasteiger partial charge is 0.248 e. The van der Waals surface area contributed by atoms with E-state index in [0.29, 0.717) is 0 Å². The Morgan fingerprint density at radius 1 is 1.00 bits per heavy atom. The highest BCUT2D eigenvalue weighted by molar-refractivity contribution is 6.01. The van der Waals surface area contributed by atoms with Crippen molar-refractivity contribution in [2.24, 2.45) is 0 Å². The number of aryl methyl sites for hydroxylation is 1. The first-order chi connectivity index (χ1) is 8.75. The highest BCUT2D eigenvalue weighted by atomic mass is 16.1. The van der Waals surface area contributed by atoms with Crippen LogP contribution < -0.4 is 5.32 Å². The average Bonchev–Trinajstić information content (AvgIpc) is 2.39.